The Labute approximate surface area is 148 Å². The molecule has 1 aromatic heterocycles. The van der Waals surface area contributed by atoms with E-state index in [1.807, 2.05) is 21.8 Å². The summed E-state index contributed by atoms with van der Waals surface area (Å²) in [4.78, 5) is 14.5. The standard InChI is InChI=1S/C19H25N5O/c25-19(21-18-11-17(12-18)16-6-2-1-3-7-16)23-9-4-5-15(13-23)14-24-10-8-20-22-24/h1-3,6-8,10,15,17-18H,4-5,9,11-14H2,(H,21,25)/t15-,17?,18?/m1/s1. The second-order valence-corrected chi connectivity index (χ2v) is 7.30. The van der Waals surface area contributed by atoms with Gasteiger partial charge in [0.15, 0.2) is 0 Å². The lowest BCUT2D eigenvalue weighted by molar-refractivity contribution is 0.147. The van der Waals surface area contributed by atoms with Crippen molar-refractivity contribution in [3.05, 3.63) is 48.3 Å². The van der Waals surface area contributed by atoms with Gasteiger partial charge in [0.25, 0.3) is 0 Å². The topological polar surface area (TPSA) is 63.1 Å². The van der Waals surface area contributed by atoms with Crippen LogP contribution >= 0.6 is 0 Å². The molecule has 2 heterocycles. The molecule has 0 unspecified atom stereocenters. The minimum absolute atomic E-state index is 0.0970. The summed E-state index contributed by atoms with van der Waals surface area (Å²) < 4.78 is 1.86. The Morgan fingerprint density at radius 3 is 2.84 bits per heavy atom. The number of benzene rings is 1. The molecule has 0 radical (unpaired) electrons. The molecule has 1 saturated heterocycles. The third kappa shape index (κ3) is 3.83. The van der Waals surface area contributed by atoms with E-state index in [2.05, 4.69) is 39.9 Å². The zero-order chi connectivity index (χ0) is 17.1. The Kier molecular flexibility index (Phi) is 4.68. The van der Waals surface area contributed by atoms with E-state index >= 15 is 0 Å². The monoisotopic (exact) mass is 339 g/mol. The van der Waals surface area contributed by atoms with Gasteiger partial charge in [0, 0.05) is 31.9 Å². The number of urea groups is 1. The molecule has 6 nitrogen and oxygen atoms in total. The Hall–Kier alpha value is -2.37. The minimum Gasteiger partial charge on any atom is -0.335 e. The maximum Gasteiger partial charge on any atom is 0.317 e. The quantitative estimate of drug-likeness (QED) is 0.931. The highest BCUT2D eigenvalue weighted by Crippen LogP contribution is 2.36. The van der Waals surface area contributed by atoms with E-state index in [0.29, 0.717) is 17.9 Å². The second-order valence-electron chi connectivity index (χ2n) is 7.30. The fraction of sp³-hybridized carbons (Fsp3) is 0.526. The van der Waals surface area contributed by atoms with Crippen molar-refractivity contribution in [2.75, 3.05) is 13.1 Å². The number of nitrogens with zero attached hydrogens (tertiary/aromatic N) is 4. The predicted molar refractivity (Wildman–Crippen MR) is 95.1 cm³/mol. The smallest absolute Gasteiger partial charge is 0.317 e. The molecule has 1 N–H and O–H groups in total. The molecule has 1 aliphatic heterocycles. The van der Waals surface area contributed by atoms with Crippen LogP contribution in [0.2, 0.25) is 0 Å². The number of hydrogen-bond acceptors (Lipinski definition) is 3. The van der Waals surface area contributed by atoms with Gasteiger partial charge >= 0.3 is 6.03 Å². The van der Waals surface area contributed by atoms with Crippen LogP contribution in [0.3, 0.4) is 0 Å². The van der Waals surface area contributed by atoms with Crippen LogP contribution in [0.15, 0.2) is 42.7 Å². The summed E-state index contributed by atoms with van der Waals surface area (Å²) in [5, 5.41) is 11.1. The Bertz CT molecular complexity index is 681. The SMILES string of the molecule is O=C(NC1CC(c2ccccc2)C1)N1CCC[C@@H](Cn2ccnn2)C1. The molecule has 132 valence electrons. The number of carbonyl (C=O) groups excluding carboxylic acids is 1. The molecule has 4 rings (SSSR count). The Balaban J connectivity index is 1.24. The van der Waals surface area contributed by atoms with Gasteiger partial charge in [0.1, 0.15) is 0 Å². The summed E-state index contributed by atoms with van der Waals surface area (Å²) in [5.74, 6) is 1.05. The van der Waals surface area contributed by atoms with Crippen LogP contribution in [-0.2, 0) is 6.54 Å². The lowest BCUT2D eigenvalue weighted by Gasteiger charge is -2.39. The van der Waals surface area contributed by atoms with Crippen molar-refractivity contribution in [3.63, 3.8) is 0 Å². The number of carbonyl (C=O) groups is 1. The third-order valence-electron chi connectivity index (χ3n) is 5.46. The van der Waals surface area contributed by atoms with E-state index in [0.717, 1.165) is 45.3 Å². The normalized spacial score (nSPS) is 26.1. The summed E-state index contributed by atoms with van der Waals surface area (Å²) in [6.45, 7) is 2.50. The van der Waals surface area contributed by atoms with Crippen molar-refractivity contribution in [3.8, 4) is 0 Å². The van der Waals surface area contributed by atoms with Gasteiger partial charge in [0.05, 0.1) is 6.20 Å². The fourth-order valence-electron chi connectivity index (χ4n) is 3.99. The fourth-order valence-corrected chi connectivity index (χ4v) is 3.99. The van der Waals surface area contributed by atoms with Gasteiger partial charge in [-0.05, 0) is 43.1 Å². The van der Waals surface area contributed by atoms with E-state index in [-0.39, 0.29) is 6.03 Å². The van der Waals surface area contributed by atoms with Crippen molar-refractivity contribution < 1.29 is 4.79 Å². The number of likely N-dealkylation sites (tertiary alicyclic amines) is 1. The largest absolute Gasteiger partial charge is 0.335 e. The maximum atomic E-state index is 12.6. The molecule has 1 aromatic carbocycles. The van der Waals surface area contributed by atoms with Crippen LogP contribution in [0.5, 0.6) is 0 Å². The van der Waals surface area contributed by atoms with Crippen LogP contribution in [0, 0.1) is 5.92 Å². The third-order valence-corrected chi connectivity index (χ3v) is 5.46. The van der Waals surface area contributed by atoms with Crippen LogP contribution in [-0.4, -0.2) is 45.1 Å². The molecule has 2 aliphatic rings. The first-order valence-electron chi connectivity index (χ1n) is 9.22. The molecule has 1 aliphatic carbocycles. The predicted octanol–water partition coefficient (Wildman–Crippen LogP) is 2.65. The molecule has 25 heavy (non-hydrogen) atoms. The molecule has 2 fully saturated rings. The van der Waals surface area contributed by atoms with Gasteiger partial charge in [-0.3, -0.25) is 4.68 Å². The van der Waals surface area contributed by atoms with E-state index in [9.17, 15) is 4.79 Å². The molecular formula is C19H25N5O. The van der Waals surface area contributed by atoms with Crippen LogP contribution in [0.25, 0.3) is 0 Å². The van der Waals surface area contributed by atoms with Crippen LogP contribution in [0.4, 0.5) is 4.79 Å². The molecule has 1 saturated carbocycles. The van der Waals surface area contributed by atoms with E-state index in [1.54, 1.807) is 6.20 Å². The summed E-state index contributed by atoms with van der Waals surface area (Å²) in [6, 6.07) is 11.0. The highest BCUT2D eigenvalue weighted by atomic mass is 16.2. The summed E-state index contributed by atoms with van der Waals surface area (Å²) in [5.41, 5.74) is 1.39. The van der Waals surface area contributed by atoms with E-state index in [1.165, 1.54) is 5.56 Å². The van der Waals surface area contributed by atoms with Gasteiger partial charge in [-0.15, -0.1) is 5.10 Å². The number of amides is 2. The van der Waals surface area contributed by atoms with Gasteiger partial charge < -0.3 is 10.2 Å². The number of hydrogen-bond donors (Lipinski definition) is 1. The highest BCUT2D eigenvalue weighted by Gasteiger charge is 2.33. The van der Waals surface area contributed by atoms with Gasteiger partial charge in [-0.1, -0.05) is 35.5 Å². The molecule has 2 amide bonds. The van der Waals surface area contributed by atoms with Crippen LogP contribution < -0.4 is 5.32 Å². The summed E-state index contributed by atoms with van der Waals surface area (Å²) in [6.07, 6.45) is 7.88. The van der Waals surface area contributed by atoms with Gasteiger partial charge in [-0.2, -0.15) is 0 Å². The van der Waals surface area contributed by atoms with Crippen molar-refractivity contribution in [1.29, 1.82) is 0 Å². The lowest BCUT2D eigenvalue weighted by Crippen LogP contribution is -2.52. The molecule has 1 atom stereocenters. The first-order chi connectivity index (χ1) is 12.3. The van der Waals surface area contributed by atoms with E-state index in [4.69, 9.17) is 0 Å². The highest BCUT2D eigenvalue weighted by molar-refractivity contribution is 5.74. The Morgan fingerprint density at radius 2 is 2.08 bits per heavy atom. The molecule has 2 aromatic rings. The molecule has 0 spiro atoms. The van der Waals surface area contributed by atoms with Crippen molar-refractivity contribution in [1.82, 2.24) is 25.2 Å². The zero-order valence-electron chi connectivity index (χ0n) is 14.4. The molecule has 0 bridgehead atoms. The maximum absolute atomic E-state index is 12.6. The Morgan fingerprint density at radius 1 is 1.24 bits per heavy atom. The average Bonchev–Trinajstić information content (AvgIpc) is 3.11. The van der Waals surface area contributed by atoms with Crippen molar-refractivity contribution in [2.24, 2.45) is 5.92 Å². The minimum atomic E-state index is 0.0970. The second kappa shape index (κ2) is 7.25. The summed E-state index contributed by atoms with van der Waals surface area (Å²) in [7, 11) is 0. The lowest BCUT2D eigenvalue weighted by atomic mass is 9.76. The molecule has 6 heteroatoms. The number of nitrogens with one attached hydrogen (secondary N) is 1. The van der Waals surface area contributed by atoms with Crippen molar-refractivity contribution >= 4 is 6.03 Å². The first-order valence-corrected chi connectivity index (χ1v) is 9.22. The first kappa shape index (κ1) is 16.1. The van der Waals surface area contributed by atoms with Gasteiger partial charge in [0.2, 0.25) is 0 Å². The van der Waals surface area contributed by atoms with Gasteiger partial charge in [-0.25, -0.2) is 4.79 Å². The van der Waals surface area contributed by atoms with Crippen LogP contribution in [0.1, 0.15) is 37.2 Å². The zero-order valence-corrected chi connectivity index (χ0v) is 14.4. The number of rotatable bonds is 4. The summed E-state index contributed by atoms with van der Waals surface area (Å²) >= 11 is 0. The average molecular weight is 339 g/mol. The number of aromatic nitrogens is 3. The number of piperidine rings is 1. The van der Waals surface area contributed by atoms with Crippen molar-refractivity contribution in [2.45, 2.75) is 44.2 Å². The van der Waals surface area contributed by atoms with E-state index < -0.39 is 0 Å². The molecular weight excluding hydrogens is 314 g/mol.